The molecular weight excluding hydrogens is 851 g/mol. The lowest BCUT2D eigenvalue weighted by Crippen LogP contribution is -3.00. The Labute approximate surface area is 426 Å². The zero-order valence-corrected chi connectivity index (χ0v) is 48.7. The molecule has 394 valence electrons. The first-order valence-corrected chi connectivity index (χ1v) is 31.4. The Balaban J connectivity index is 0. The molecule has 0 saturated carbocycles. The molecule has 2 heteroatoms. The molecule has 0 aliphatic carbocycles. The van der Waals surface area contributed by atoms with Crippen molar-refractivity contribution in [3.63, 3.8) is 0 Å². The van der Waals surface area contributed by atoms with E-state index in [1.165, 1.54) is 351 Å². The van der Waals surface area contributed by atoms with E-state index in [0.717, 1.165) is 6.04 Å². The minimum atomic E-state index is 0. The molecule has 1 nitrogen and oxygen atoms in total. The van der Waals surface area contributed by atoms with Crippen molar-refractivity contribution in [2.75, 3.05) is 13.6 Å². The molecular formula is C63H130BrN. The van der Waals surface area contributed by atoms with Gasteiger partial charge >= 0.3 is 0 Å². The van der Waals surface area contributed by atoms with Gasteiger partial charge < -0.3 is 21.5 Å². The first-order chi connectivity index (χ1) is 31.5. The van der Waals surface area contributed by atoms with E-state index in [4.69, 9.17) is 0 Å². The zero-order valence-electron chi connectivity index (χ0n) is 47.1. The third-order valence-electron chi connectivity index (χ3n) is 16.6. The van der Waals surface area contributed by atoms with Gasteiger partial charge in [0.25, 0.3) is 0 Å². The molecule has 1 unspecified atom stereocenters. The van der Waals surface area contributed by atoms with Gasteiger partial charge in [0.05, 0.1) is 25.2 Å². The van der Waals surface area contributed by atoms with Crippen LogP contribution < -0.4 is 17.0 Å². The van der Waals surface area contributed by atoms with Gasteiger partial charge in [-0.1, -0.05) is 305 Å². The van der Waals surface area contributed by atoms with Crippen LogP contribution in [-0.2, 0) is 0 Å². The SMILES string of the molecule is CCCCCCCCCCC(CCCCCCCCCC)[N+](C)(CCCCCCCCCC)C(CCCCCCCCCC)(CCCCCCCCCC)CCCCCCCCCC.[Br-]. The van der Waals surface area contributed by atoms with Gasteiger partial charge in [-0.15, -0.1) is 0 Å². The Hall–Kier alpha value is 0.440. The molecule has 0 aromatic carbocycles. The second kappa shape index (κ2) is 53.8. The van der Waals surface area contributed by atoms with Crippen molar-refractivity contribution in [3.8, 4) is 0 Å². The summed E-state index contributed by atoms with van der Waals surface area (Å²) < 4.78 is 1.46. The molecule has 0 aliphatic rings. The predicted octanol–water partition coefficient (Wildman–Crippen LogP) is 20.3. The largest absolute Gasteiger partial charge is 1.00 e. The molecule has 0 aliphatic heterocycles. The number of unbranched alkanes of at least 4 members (excludes halogenated alkanes) is 42. The Morgan fingerprint density at radius 2 is 0.431 bits per heavy atom. The topological polar surface area (TPSA) is 0 Å². The van der Waals surface area contributed by atoms with E-state index in [-0.39, 0.29) is 17.0 Å². The lowest BCUT2D eigenvalue weighted by molar-refractivity contribution is -0.983. The maximum Gasteiger partial charge on any atom is 0.0992 e. The van der Waals surface area contributed by atoms with Crippen molar-refractivity contribution in [1.82, 2.24) is 0 Å². The lowest BCUT2D eigenvalue weighted by atomic mass is 9.75. The standard InChI is InChI=1S/C63H130N.BrH/c1-8-14-20-26-32-38-44-50-56-62(57-51-45-39-33-27-21-15-9-2)64(7,61-55-49-43-37-31-25-19-13-6)63(58-52-46-40-34-28-22-16-10-3,59-53-47-41-35-29-23-17-11-4)60-54-48-42-36-30-24-18-12-5;/h62H,8-61H2,1-7H3;1H/q+1;/p-1. The molecule has 0 fully saturated rings. The van der Waals surface area contributed by atoms with Crippen molar-refractivity contribution < 1.29 is 21.5 Å². The summed E-state index contributed by atoms with van der Waals surface area (Å²) in [6, 6.07) is 0.863. The van der Waals surface area contributed by atoms with Crippen LogP contribution in [0.3, 0.4) is 0 Å². The summed E-state index contributed by atoms with van der Waals surface area (Å²) in [6.07, 6.45) is 77.6. The molecule has 0 amide bonds. The summed E-state index contributed by atoms with van der Waals surface area (Å²) in [5, 5.41) is 0. The molecule has 0 aromatic rings. The van der Waals surface area contributed by atoms with E-state index in [1.54, 1.807) is 0 Å². The van der Waals surface area contributed by atoms with Gasteiger partial charge in [0.15, 0.2) is 0 Å². The number of quaternary nitrogens is 1. The highest BCUT2D eigenvalue weighted by atomic mass is 79.9. The second-order valence-electron chi connectivity index (χ2n) is 22.5. The highest BCUT2D eigenvalue weighted by Gasteiger charge is 2.50. The summed E-state index contributed by atoms with van der Waals surface area (Å²) in [7, 11) is 2.95. The van der Waals surface area contributed by atoms with Crippen LogP contribution in [0, 0.1) is 0 Å². The summed E-state index contributed by atoms with van der Waals surface area (Å²) in [5.74, 6) is 0. The van der Waals surface area contributed by atoms with Crippen LogP contribution in [0.5, 0.6) is 0 Å². The van der Waals surface area contributed by atoms with Crippen molar-refractivity contribution in [2.24, 2.45) is 0 Å². The van der Waals surface area contributed by atoms with Gasteiger partial charge in [-0.05, 0) is 57.8 Å². The molecule has 0 radical (unpaired) electrons. The minimum absolute atomic E-state index is 0. The normalized spacial score (nSPS) is 12.9. The predicted molar refractivity (Wildman–Crippen MR) is 296 cm³/mol. The molecule has 0 aromatic heterocycles. The van der Waals surface area contributed by atoms with Crippen LogP contribution in [0.25, 0.3) is 0 Å². The van der Waals surface area contributed by atoms with E-state index in [0.29, 0.717) is 5.54 Å². The van der Waals surface area contributed by atoms with Gasteiger partial charge in [-0.25, -0.2) is 0 Å². The van der Waals surface area contributed by atoms with Crippen LogP contribution in [-0.4, -0.2) is 29.7 Å². The summed E-state index contributed by atoms with van der Waals surface area (Å²) in [6.45, 7) is 15.7. The molecule has 0 heterocycles. The maximum atomic E-state index is 2.95. The average molecular weight is 982 g/mol. The van der Waals surface area contributed by atoms with Crippen molar-refractivity contribution >= 4 is 0 Å². The van der Waals surface area contributed by atoms with Gasteiger partial charge in [-0.2, -0.15) is 0 Å². The molecule has 1 atom stereocenters. The third kappa shape index (κ3) is 39.8. The van der Waals surface area contributed by atoms with Crippen LogP contribution in [0.1, 0.15) is 382 Å². The highest BCUT2D eigenvalue weighted by Crippen LogP contribution is 2.44. The highest BCUT2D eigenvalue weighted by molar-refractivity contribution is 4.86. The van der Waals surface area contributed by atoms with Gasteiger partial charge in [-0.3, -0.25) is 0 Å². The molecule has 0 spiro atoms. The quantitative estimate of drug-likeness (QED) is 0.0421. The Morgan fingerprint density at radius 1 is 0.246 bits per heavy atom. The monoisotopic (exact) mass is 980 g/mol. The fraction of sp³-hybridized carbons (Fsp3) is 1.00. The Morgan fingerprint density at radius 3 is 0.662 bits per heavy atom. The van der Waals surface area contributed by atoms with Crippen LogP contribution in [0.2, 0.25) is 0 Å². The van der Waals surface area contributed by atoms with E-state index < -0.39 is 0 Å². The number of rotatable bonds is 56. The van der Waals surface area contributed by atoms with Crippen LogP contribution in [0.15, 0.2) is 0 Å². The zero-order chi connectivity index (χ0) is 46.8. The van der Waals surface area contributed by atoms with Crippen molar-refractivity contribution in [2.45, 2.75) is 393 Å². The molecule has 0 saturated heterocycles. The van der Waals surface area contributed by atoms with Crippen LogP contribution >= 0.6 is 0 Å². The first kappa shape index (κ1) is 67.5. The summed E-state index contributed by atoms with van der Waals surface area (Å²) >= 11 is 0. The van der Waals surface area contributed by atoms with Gasteiger partial charge in [0.1, 0.15) is 0 Å². The van der Waals surface area contributed by atoms with Crippen molar-refractivity contribution in [1.29, 1.82) is 0 Å². The van der Waals surface area contributed by atoms with Gasteiger partial charge in [0, 0.05) is 19.3 Å². The number of nitrogens with zero attached hydrogens (tertiary/aromatic N) is 1. The van der Waals surface area contributed by atoms with E-state index in [2.05, 4.69) is 48.6 Å². The van der Waals surface area contributed by atoms with Gasteiger partial charge in [0.2, 0.25) is 0 Å². The number of hydrogen-bond acceptors (Lipinski definition) is 0. The Bertz CT molecular complexity index is 786. The maximum absolute atomic E-state index is 2.95. The van der Waals surface area contributed by atoms with Crippen LogP contribution in [0.4, 0.5) is 0 Å². The number of hydrogen-bond donors (Lipinski definition) is 0. The fourth-order valence-corrected chi connectivity index (χ4v) is 12.0. The summed E-state index contributed by atoms with van der Waals surface area (Å²) in [4.78, 5) is 0. The van der Waals surface area contributed by atoms with E-state index in [1.807, 2.05) is 0 Å². The minimum Gasteiger partial charge on any atom is -1.00 e. The smallest absolute Gasteiger partial charge is 0.0992 e. The molecule has 0 rings (SSSR count). The summed E-state index contributed by atoms with van der Waals surface area (Å²) in [5.41, 5.74) is 0.471. The second-order valence-corrected chi connectivity index (χ2v) is 22.5. The molecule has 65 heavy (non-hydrogen) atoms. The van der Waals surface area contributed by atoms with E-state index >= 15 is 0 Å². The third-order valence-corrected chi connectivity index (χ3v) is 16.6. The van der Waals surface area contributed by atoms with Crippen molar-refractivity contribution in [3.05, 3.63) is 0 Å². The first-order valence-electron chi connectivity index (χ1n) is 31.4. The Kier molecular flexibility index (Phi) is 55.9. The van der Waals surface area contributed by atoms with E-state index in [9.17, 15) is 0 Å². The average Bonchev–Trinajstić information content (AvgIpc) is 3.30. The fourth-order valence-electron chi connectivity index (χ4n) is 12.0. The molecule has 0 N–H and O–H groups in total. The number of halogens is 1. The lowest BCUT2D eigenvalue weighted by Gasteiger charge is -2.57. The molecule has 0 bridgehead atoms.